The van der Waals surface area contributed by atoms with E-state index in [2.05, 4.69) is 10.2 Å². The number of rotatable bonds is 5. The molecule has 0 aliphatic carbocycles. The minimum Gasteiger partial charge on any atom is -0.503 e. The summed E-state index contributed by atoms with van der Waals surface area (Å²) in [6.45, 7) is 3.99. The molecule has 0 aliphatic heterocycles. The number of thioether (sulfide) groups is 1. The van der Waals surface area contributed by atoms with Crippen LogP contribution in [-0.2, 0) is 0 Å². The zero-order valence-electron chi connectivity index (χ0n) is 11.5. The molecule has 21 heavy (non-hydrogen) atoms. The van der Waals surface area contributed by atoms with E-state index in [9.17, 15) is 9.50 Å². The summed E-state index contributed by atoms with van der Waals surface area (Å²) in [4.78, 5) is 0. The van der Waals surface area contributed by atoms with Crippen LogP contribution in [-0.4, -0.2) is 21.1 Å². The zero-order chi connectivity index (χ0) is 15.4. The maximum Gasteiger partial charge on any atom is 0.281 e. The lowest BCUT2D eigenvalue weighted by Gasteiger charge is -2.16. The summed E-state index contributed by atoms with van der Waals surface area (Å²) in [6, 6.07) is 5.89. The molecule has 2 aromatic rings. The van der Waals surface area contributed by atoms with Gasteiger partial charge in [0, 0.05) is 16.9 Å². The Labute approximate surface area is 131 Å². The second-order valence-corrected chi connectivity index (χ2v) is 6.22. The fraction of sp³-hybridized carbons (Fsp3) is 0.286. The molecule has 2 rings (SSSR count). The summed E-state index contributed by atoms with van der Waals surface area (Å²) < 4.78 is 19.5. The number of benzene rings is 1. The van der Waals surface area contributed by atoms with Crippen LogP contribution >= 0.6 is 23.4 Å². The molecule has 0 spiro atoms. The van der Waals surface area contributed by atoms with Gasteiger partial charge < -0.3 is 9.84 Å². The van der Waals surface area contributed by atoms with Gasteiger partial charge in [0.15, 0.2) is 22.5 Å². The summed E-state index contributed by atoms with van der Waals surface area (Å²) in [7, 11) is 0. The van der Waals surface area contributed by atoms with Crippen molar-refractivity contribution in [1.29, 1.82) is 0 Å². The van der Waals surface area contributed by atoms with Gasteiger partial charge in [0.25, 0.3) is 5.88 Å². The fourth-order valence-electron chi connectivity index (χ4n) is 1.81. The van der Waals surface area contributed by atoms with Crippen molar-refractivity contribution in [2.24, 2.45) is 0 Å². The molecular weight excluding hydrogens is 315 g/mol. The Bertz CT molecular complexity index is 642. The van der Waals surface area contributed by atoms with E-state index >= 15 is 0 Å². The first-order chi connectivity index (χ1) is 10.0. The molecule has 1 unspecified atom stereocenters. The minimum atomic E-state index is -0.521. The maximum absolute atomic E-state index is 14.1. The molecule has 0 bridgehead atoms. The maximum atomic E-state index is 14.1. The number of nitrogens with zero attached hydrogens (tertiary/aromatic N) is 2. The molecule has 1 aromatic heterocycles. The van der Waals surface area contributed by atoms with Crippen LogP contribution in [0.25, 0.3) is 0 Å². The summed E-state index contributed by atoms with van der Waals surface area (Å²) in [6.07, 6.45) is 0. The first kappa shape index (κ1) is 15.9. The van der Waals surface area contributed by atoms with Crippen LogP contribution in [0.3, 0.4) is 0 Å². The second-order valence-electron chi connectivity index (χ2n) is 4.22. The molecule has 0 amide bonds. The third-order valence-corrected chi connectivity index (χ3v) is 4.03. The largest absolute Gasteiger partial charge is 0.503 e. The molecule has 0 saturated carbocycles. The van der Waals surface area contributed by atoms with E-state index in [1.165, 1.54) is 12.1 Å². The van der Waals surface area contributed by atoms with E-state index in [4.69, 9.17) is 16.3 Å². The first-order valence-corrected chi connectivity index (χ1v) is 7.75. The van der Waals surface area contributed by atoms with Gasteiger partial charge in [-0.15, -0.1) is 10.2 Å². The van der Waals surface area contributed by atoms with E-state index in [-0.39, 0.29) is 27.8 Å². The average molecular weight is 329 g/mol. The first-order valence-electron chi connectivity index (χ1n) is 6.33. The van der Waals surface area contributed by atoms with Gasteiger partial charge >= 0.3 is 0 Å². The third kappa shape index (κ3) is 3.77. The Morgan fingerprint density at radius 1 is 1.43 bits per heavy atom. The predicted molar refractivity (Wildman–Crippen MR) is 81.7 cm³/mol. The number of ether oxygens (including phenoxy) is 1. The molecule has 1 N–H and O–H groups in total. The lowest BCUT2D eigenvalue weighted by Crippen LogP contribution is -1.99. The van der Waals surface area contributed by atoms with Gasteiger partial charge in [0.2, 0.25) is 0 Å². The lowest BCUT2D eigenvalue weighted by molar-refractivity contribution is 0.374. The lowest BCUT2D eigenvalue weighted by atomic mass is 10.1. The summed E-state index contributed by atoms with van der Waals surface area (Å²) >= 11 is 7.27. The van der Waals surface area contributed by atoms with Crippen molar-refractivity contribution in [2.75, 3.05) is 5.75 Å². The van der Waals surface area contributed by atoms with Gasteiger partial charge in [-0.25, -0.2) is 4.39 Å². The van der Waals surface area contributed by atoms with Crippen LogP contribution in [0.2, 0.25) is 5.15 Å². The molecule has 1 aromatic carbocycles. The van der Waals surface area contributed by atoms with E-state index in [0.29, 0.717) is 5.56 Å². The SMILES string of the molecule is CCSC(C)c1cccc(F)c1Oc1nnc(Cl)cc1O. The van der Waals surface area contributed by atoms with E-state index in [0.717, 1.165) is 5.75 Å². The van der Waals surface area contributed by atoms with Crippen LogP contribution in [0.5, 0.6) is 17.4 Å². The Hall–Kier alpha value is -1.53. The Morgan fingerprint density at radius 3 is 2.86 bits per heavy atom. The van der Waals surface area contributed by atoms with Crippen molar-refractivity contribution in [3.05, 3.63) is 40.8 Å². The van der Waals surface area contributed by atoms with Gasteiger partial charge in [-0.05, 0) is 18.7 Å². The van der Waals surface area contributed by atoms with Crippen LogP contribution < -0.4 is 4.74 Å². The summed E-state index contributed by atoms with van der Waals surface area (Å²) in [5.74, 6) is -0.0622. The highest BCUT2D eigenvalue weighted by Gasteiger charge is 2.18. The van der Waals surface area contributed by atoms with E-state index < -0.39 is 5.82 Å². The Kier molecular flexibility index (Phi) is 5.25. The molecule has 4 nitrogen and oxygen atoms in total. The number of hydrogen-bond acceptors (Lipinski definition) is 5. The summed E-state index contributed by atoms with van der Waals surface area (Å²) in [5.41, 5.74) is 0.693. The van der Waals surface area contributed by atoms with Crippen molar-refractivity contribution in [3.8, 4) is 17.4 Å². The van der Waals surface area contributed by atoms with Gasteiger partial charge in [-0.3, -0.25) is 0 Å². The number of hydrogen-bond donors (Lipinski definition) is 1. The molecule has 112 valence electrons. The molecule has 0 fully saturated rings. The monoisotopic (exact) mass is 328 g/mol. The van der Waals surface area contributed by atoms with Gasteiger partial charge in [0.05, 0.1) is 0 Å². The molecule has 0 aliphatic rings. The molecule has 1 heterocycles. The van der Waals surface area contributed by atoms with Crippen molar-refractivity contribution < 1.29 is 14.2 Å². The molecule has 0 radical (unpaired) electrons. The molecule has 7 heteroatoms. The van der Waals surface area contributed by atoms with Crippen molar-refractivity contribution in [3.63, 3.8) is 0 Å². The molecule has 1 atom stereocenters. The smallest absolute Gasteiger partial charge is 0.281 e. The van der Waals surface area contributed by atoms with Gasteiger partial charge in [-0.2, -0.15) is 11.8 Å². The average Bonchev–Trinajstić information content (AvgIpc) is 2.43. The number of aromatic nitrogens is 2. The molecular formula is C14H14ClFN2O2S. The van der Waals surface area contributed by atoms with E-state index in [1.54, 1.807) is 23.9 Å². The van der Waals surface area contributed by atoms with Crippen LogP contribution in [0, 0.1) is 5.82 Å². The van der Waals surface area contributed by atoms with Crippen LogP contribution in [0.15, 0.2) is 24.3 Å². The number of halogens is 2. The standard InChI is InChI=1S/C14H14ClFN2O2S/c1-3-21-8(2)9-5-4-6-10(16)13(9)20-14-11(19)7-12(15)17-18-14/h4-8H,3H2,1-2H3,(H,17,19). The minimum absolute atomic E-state index is 0.0310. The topological polar surface area (TPSA) is 55.2 Å². The number of para-hydroxylation sites is 1. The highest BCUT2D eigenvalue weighted by atomic mass is 35.5. The third-order valence-electron chi connectivity index (χ3n) is 2.76. The van der Waals surface area contributed by atoms with Crippen LogP contribution in [0.1, 0.15) is 24.7 Å². The van der Waals surface area contributed by atoms with Gasteiger partial charge in [0.1, 0.15) is 0 Å². The van der Waals surface area contributed by atoms with Crippen molar-refractivity contribution in [1.82, 2.24) is 10.2 Å². The fourth-order valence-corrected chi connectivity index (χ4v) is 2.82. The van der Waals surface area contributed by atoms with Crippen molar-refractivity contribution in [2.45, 2.75) is 19.1 Å². The van der Waals surface area contributed by atoms with Crippen molar-refractivity contribution >= 4 is 23.4 Å². The Morgan fingerprint density at radius 2 is 2.19 bits per heavy atom. The highest BCUT2D eigenvalue weighted by Crippen LogP contribution is 2.39. The predicted octanol–water partition coefficient (Wildman–Crippen LogP) is 4.58. The van der Waals surface area contributed by atoms with Gasteiger partial charge in [-0.1, -0.05) is 30.7 Å². The zero-order valence-corrected chi connectivity index (χ0v) is 13.1. The summed E-state index contributed by atoms with van der Waals surface area (Å²) in [5, 5.41) is 17.0. The highest BCUT2D eigenvalue weighted by molar-refractivity contribution is 7.99. The van der Waals surface area contributed by atoms with E-state index in [1.807, 2.05) is 13.8 Å². The normalized spacial score (nSPS) is 12.2. The number of aromatic hydroxyl groups is 1. The second kappa shape index (κ2) is 6.95. The Balaban J connectivity index is 2.38. The quantitative estimate of drug-likeness (QED) is 0.870. The van der Waals surface area contributed by atoms with Crippen LogP contribution in [0.4, 0.5) is 4.39 Å². The molecule has 0 saturated heterocycles.